The summed E-state index contributed by atoms with van der Waals surface area (Å²) in [4.78, 5) is 0. The van der Waals surface area contributed by atoms with E-state index in [1.807, 2.05) is 0 Å². The van der Waals surface area contributed by atoms with Gasteiger partial charge in [-0.3, -0.25) is 0 Å². The smallest absolute Gasteiger partial charge is 0.0349 e. The van der Waals surface area contributed by atoms with Crippen molar-refractivity contribution in [3.8, 4) is 0 Å². The molecule has 66 valence electrons. The van der Waals surface area contributed by atoms with E-state index < -0.39 is 0 Å². The molecule has 1 saturated carbocycles. The second kappa shape index (κ2) is 3.16. The lowest BCUT2D eigenvalue weighted by Crippen LogP contribution is -2.04. The molecule has 0 N–H and O–H groups in total. The van der Waals surface area contributed by atoms with Crippen LogP contribution in [0.15, 0.2) is 0 Å². The maximum absolute atomic E-state index is 2.42. The quantitative estimate of drug-likeness (QED) is 0.566. The lowest BCUT2D eigenvalue weighted by Gasteiger charge is -2.16. The summed E-state index contributed by atoms with van der Waals surface area (Å²) in [6, 6.07) is 0. The van der Waals surface area contributed by atoms with E-state index in [0.29, 0.717) is 5.41 Å². The highest BCUT2D eigenvalue weighted by Gasteiger charge is 2.36. The van der Waals surface area contributed by atoms with Gasteiger partial charge in [-0.05, 0) is 30.1 Å². The van der Waals surface area contributed by atoms with Crippen molar-refractivity contribution in [3.63, 3.8) is 0 Å². The van der Waals surface area contributed by atoms with Gasteiger partial charge in [-0.25, -0.2) is 0 Å². The van der Waals surface area contributed by atoms with Crippen molar-refractivity contribution in [2.45, 2.75) is 53.4 Å². The normalized spacial score (nSPS) is 36.0. The van der Waals surface area contributed by atoms with Gasteiger partial charge in [0.25, 0.3) is 0 Å². The lowest BCUT2D eigenvalue weighted by atomic mass is 9.90. The zero-order valence-electron chi connectivity index (χ0n) is 8.48. The number of rotatable bonds is 2. The Morgan fingerprint density at radius 2 is 1.36 bits per heavy atom. The largest absolute Gasteiger partial charge is 0.0651 e. The summed E-state index contributed by atoms with van der Waals surface area (Å²) >= 11 is 0. The fourth-order valence-electron chi connectivity index (χ4n) is 2.79. The first-order valence-electron chi connectivity index (χ1n) is 5.09. The molecule has 0 heteroatoms. The molecule has 0 aromatic carbocycles. The maximum atomic E-state index is 2.42. The molecular formula is C11H22. The Morgan fingerprint density at radius 1 is 1.00 bits per heavy atom. The first-order valence-corrected chi connectivity index (χ1v) is 5.09. The van der Waals surface area contributed by atoms with Gasteiger partial charge in [0.15, 0.2) is 0 Å². The highest BCUT2D eigenvalue weighted by atomic mass is 14.4. The third-order valence-corrected chi connectivity index (χ3v) is 3.34. The van der Waals surface area contributed by atoms with Gasteiger partial charge < -0.3 is 0 Å². The first-order chi connectivity index (χ1) is 5.09. The van der Waals surface area contributed by atoms with E-state index in [1.54, 1.807) is 0 Å². The second-order valence-corrected chi connectivity index (χ2v) is 4.91. The topological polar surface area (TPSA) is 0 Å². The van der Waals surface area contributed by atoms with Gasteiger partial charge in [0.05, 0.1) is 0 Å². The van der Waals surface area contributed by atoms with Crippen LogP contribution in [0.3, 0.4) is 0 Å². The van der Waals surface area contributed by atoms with Gasteiger partial charge >= 0.3 is 0 Å². The second-order valence-electron chi connectivity index (χ2n) is 4.91. The Balaban J connectivity index is 2.55. The Hall–Kier alpha value is 0. The van der Waals surface area contributed by atoms with Crippen molar-refractivity contribution in [2.24, 2.45) is 17.3 Å². The third-order valence-electron chi connectivity index (χ3n) is 3.34. The molecule has 0 aliphatic heterocycles. The molecule has 1 aliphatic rings. The molecule has 2 unspecified atom stereocenters. The zero-order valence-corrected chi connectivity index (χ0v) is 8.48. The van der Waals surface area contributed by atoms with E-state index in [4.69, 9.17) is 0 Å². The van der Waals surface area contributed by atoms with Crippen molar-refractivity contribution >= 4 is 0 Å². The highest BCUT2D eigenvalue weighted by molar-refractivity contribution is 4.87. The molecule has 0 saturated heterocycles. The minimum absolute atomic E-state index is 0.640. The van der Waals surface area contributed by atoms with Gasteiger partial charge in [-0.2, -0.15) is 0 Å². The highest BCUT2D eigenvalue weighted by Crippen LogP contribution is 2.47. The summed E-state index contributed by atoms with van der Waals surface area (Å²) in [7, 11) is 0. The average molecular weight is 154 g/mol. The van der Waals surface area contributed by atoms with Crippen LogP contribution in [0.1, 0.15) is 53.4 Å². The van der Waals surface area contributed by atoms with Crippen molar-refractivity contribution in [1.82, 2.24) is 0 Å². The van der Waals surface area contributed by atoms with Crippen LogP contribution >= 0.6 is 0 Å². The van der Waals surface area contributed by atoms with Crippen LogP contribution in [0.25, 0.3) is 0 Å². The summed E-state index contributed by atoms with van der Waals surface area (Å²) in [5.74, 6) is 2.05. The van der Waals surface area contributed by atoms with Crippen LogP contribution in [0.4, 0.5) is 0 Å². The predicted octanol–water partition coefficient (Wildman–Crippen LogP) is 3.86. The van der Waals surface area contributed by atoms with Gasteiger partial charge in [-0.1, -0.05) is 40.5 Å². The number of hydrogen-bond acceptors (Lipinski definition) is 0. The van der Waals surface area contributed by atoms with Crippen molar-refractivity contribution in [1.29, 1.82) is 0 Å². The summed E-state index contributed by atoms with van der Waals surface area (Å²) in [5, 5.41) is 0. The molecule has 1 rings (SSSR count). The average Bonchev–Trinajstić information content (AvgIpc) is 2.25. The molecule has 0 nitrogen and oxygen atoms in total. The SMILES string of the molecule is CCC1CC(C)(C)CC1CC. The molecule has 0 radical (unpaired) electrons. The monoisotopic (exact) mass is 154 g/mol. The maximum Gasteiger partial charge on any atom is -0.0349 e. The standard InChI is InChI=1S/C11H22/c1-5-9-7-11(3,4)8-10(9)6-2/h9-10H,5-8H2,1-4H3. The Bertz CT molecular complexity index is 110. The molecule has 0 bridgehead atoms. The Kier molecular flexibility index (Phi) is 2.61. The van der Waals surface area contributed by atoms with E-state index in [-0.39, 0.29) is 0 Å². The van der Waals surface area contributed by atoms with Crippen molar-refractivity contribution in [2.75, 3.05) is 0 Å². The van der Waals surface area contributed by atoms with E-state index in [1.165, 1.54) is 25.7 Å². The van der Waals surface area contributed by atoms with Crippen LogP contribution in [-0.4, -0.2) is 0 Å². The summed E-state index contributed by atoms with van der Waals surface area (Å²) in [6.07, 6.45) is 5.70. The molecule has 1 aliphatic carbocycles. The zero-order chi connectivity index (χ0) is 8.48. The van der Waals surface area contributed by atoms with Crippen LogP contribution < -0.4 is 0 Å². The summed E-state index contributed by atoms with van der Waals surface area (Å²) in [6.45, 7) is 9.53. The molecule has 2 atom stereocenters. The molecule has 0 amide bonds. The molecule has 11 heavy (non-hydrogen) atoms. The van der Waals surface area contributed by atoms with E-state index >= 15 is 0 Å². The Labute approximate surface area is 71.4 Å². The van der Waals surface area contributed by atoms with E-state index in [9.17, 15) is 0 Å². The predicted molar refractivity (Wildman–Crippen MR) is 50.6 cm³/mol. The van der Waals surface area contributed by atoms with E-state index in [2.05, 4.69) is 27.7 Å². The molecule has 0 heterocycles. The fourth-order valence-corrected chi connectivity index (χ4v) is 2.79. The number of hydrogen-bond donors (Lipinski definition) is 0. The van der Waals surface area contributed by atoms with Gasteiger partial charge in [0.2, 0.25) is 0 Å². The first kappa shape index (κ1) is 9.09. The van der Waals surface area contributed by atoms with Crippen molar-refractivity contribution in [3.05, 3.63) is 0 Å². The Morgan fingerprint density at radius 3 is 1.64 bits per heavy atom. The third kappa shape index (κ3) is 1.98. The summed E-state index contributed by atoms with van der Waals surface area (Å²) < 4.78 is 0. The van der Waals surface area contributed by atoms with Gasteiger partial charge in [0.1, 0.15) is 0 Å². The van der Waals surface area contributed by atoms with Crippen LogP contribution in [-0.2, 0) is 0 Å². The van der Waals surface area contributed by atoms with Crippen LogP contribution in [0.5, 0.6) is 0 Å². The van der Waals surface area contributed by atoms with Gasteiger partial charge in [-0.15, -0.1) is 0 Å². The van der Waals surface area contributed by atoms with E-state index in [0.717, 1.165) is 11.8 Å². The lowest BCUT2D eigenvalue weighted by molar-refractivity contribution is 0.357. The molecular weight excluding hydrogens is 132 g/mol. The van der Waals surface area contributed by atoms with Crippen LogP contribution in [0, 0.1) is 17.3 Å². The minimum Gasteiger partial charge on any atom is -0.0651 e. The molecule has 0 aromatic rings. The van der Waals surface area contributed by atoms with Gasteiger partial charge in [0, 0.05) is 0 Å². The fraction of sp³-hybridized carbons (Fsp3) is 1.00. The molecule has 1 fully saturated rings. The summed E-state index contributed by atoms with van der Waals surface area (Å²) in [5.41, 5.74) is 0.640. The minimum atomic E-state index is 0.640. The van der Waals surface area contributed by atoms with Crippen molar-refractivity contribution < 1.29 is 0 Å². The molecule has 0 aromatic heterocycles. The van der Waals surface area contributed by atoms with Crippen LogP contribution in [0.2, 0.25) is 0 Å². The molecule has 0 spiro atoms.